The molecule has 5 heteroatoms. The molecule has 1 fully saturated rings. The van der Waals surface area contributed by atoms with Crippen molar-refractivity contribution in [3.05, 3.63) is 35.6 Å². The normalized spacial score (nSPS) is 27.1. The molecule has 1 aliphatic heterocycles. The largest absolute Gasteiger partial charge is 0.388 e. The van der Waals surface area contributed by atoms with Gasteiger partial charge >= 0.3 is 0 Å². The predicted molar refractivity (Wildman–Crippen MR) is 79.2 cm³/mol. The first-order chi connectivity index (χ1) is 9.97. The van der Waals surface area contributed by atoms with Crippen LogP contribution in [0.15, 0.2) is 24.3 Å². The maximum absolute atomic E-state index is 13.1. The molecule has 3 N–H and O–H groups in total. The van der Waals surface area contributed by atoms with E-state index in [2.05, 4.69) is 17.6 Å². The fraction of sp³-hybridized carbons (Fsp3) is 0.562. The highest BCUT2D eigenvalue weighted by atomic mass is 19.1. The van der Waals surface area contributed by atoms with Crippen molar-refractivity contribution in [2.75, 3.05) is 6.54 Å². The average Bonchev–Trinajstić information content (AvgIpc) is 2.43. The number of carbonyl (C=O) groups excluding carboxylic acids is 1. The van der Waals surface area contributed by atoms with Crippen LogP contribution in [0.4, 0.5) is 4.39 Å². The fourth-order valence-electron chi connectivity index (χ4n) is 2.86. The molecule has 0 bridgehead atoms. The topological polar surface area (TPSA) is 61.4 Å². The van der Waals surface area contributed by atoms with Crippen LogP contribution in [-0.4, -0.2) is 29.6 Å². The van der Waals surface area contributed by atoms with E-state index < -0.39 is 11.9 Å². The van der Waals surface area contributed by atoms with Gasteiger partial charge in [-0.05, 0) is 43.5 Å². The minimum Gasteiger partial charge on any atom is -0.388 e. The van der Waals surface area contributed by atoms with Gasteiger partial charge in [-0.1, -0.05) is 19.1 Å². The number of aliphatic hydroxyl groups excluding tert-OH is 1. The lowest BCUT2D eigenvalue weighted by molar-refractivity contribution is -0.124. The van der Waals surface area contributed by atoms with Crippen LogP contribution in [0.1, 0.15) is 38.4 Å². The third-order valence-electron chi connectivity index (χ3n) is 4.16. The Hall–Kier alpha value is -1.46. The number of benzene rings is 1. The van der Waals surface area contributed by atoms with Crippen molar-refractivity contribution in [3.63, 3.8) is 0 Å². The van der Waals surface area contributed by atoms with Crippen molar-refractivity contribution in [3.8, 4) is 0 Å². The fourth-order valence-corrected chi connectivity index (χ4v) is 2.86. The summed E-state index contributed by atoms with van der Waals surface area (Å²) in [6.45, 7) is 5.12. The summed E-state index contributed by atoms with van der Waals surface area (Å²) in [6.07, 6.45) is -0.0240. The summed E-state index contributed by atoms with van der Waals surface area (Å²) in [5, 5.41) is 16.3. The lowest BCUT2D eigenvalue weighted by atomic mass is 9.89. The monoisotopic (exact) mass is 294 g/mol. The van der Waals surface area contributed by atoms with Crippen molar-refractivity contribution in [2.24, 2.45) is 5.92 Å². The van der Waals surface area contributed by atoms with Crippen LogP contribution in [0.25, 0.3) is 0 Å². The zero-order valence-electron chi connectivity index (χ0n) is 12.5. The molecule has 1 heterocycles. The number of hydrogen-bond donors (Lipinski definition) is 3. The predicted octanol–water partition coefficient (Wildman–Crippen LogP) is 1.75. The van der Waals surface area contributed by atoms with Gasteiger partial charge in [-0.15, -0.1) is 0 Å². The van der Waals surface area contributed by atoms with Gasteiger partial charge < -0.3 is 15.7 Å². The number of piperidine rings is 1. The molecule has 0 aliphatic carbocycles. The summed E-state index contributed by atoms with van der Waals surface area (Å²) in [5.41, 5.74) is 0.424. The van der Waals surface area contributed by atoms with Crippen LogP contribution in [0.3, 0.4) is 0 Å². The zero-order chi connectivity index (χ0) is 15.4. The summed E-state index contributed by atoms with van der Waals surface area (Å²) < 4.78 is 13.1. The standard InChI is InChI=1S/C16H23FN2O2/c1-10-6-7-18-11(2)16(10)19-15(21)9-14(20)12-4-3-5-13(17)8-12/h3-5,8,10-11,14,16,18,20H,6-7,9H2,1-2H3,(H,19,21)/t10-,11-,14-,16+/m1/s1. The highest BCUT2D eigenvalue weighted by molar-refractivity contribution is 5.77. The highest BCUT2D eigenvalue weighted by Gasteiger charge is 2.29. The number of halogens is 1. The Kier molecular flexibility index (Phi) is 5.31. The summed E-state index contributed by atoms with van der Waals surface area (Å²) in [4.78, 5) is 12.1. The van der Waals surface area contributed by atoms with Crippen LogP contribution in [-0.2, 0) is 4.79 Å². The highest BCUT2D eigenvalue weighted by Crippen LogP contribution is 2.19. The molecule has 1 aromatic rings. The van der Waals surface area contributed by atoms with Crippen molar-refractivity contribution in [1.82, 2.24) is 10.6 Å². The van der Waals surface area contributed by atoms with Crippen molar-refractivity contribution < 1.29 is 14.3 Å². The molecule has 21 heavy (non-hydrogen) atoms. The molecule has 116 valence electrons. The SMILES string of the molecule is C[C@@H]1CCN[C@H](C)[C@H]1NC(=O)C[C@@H](O)c1cccc(F)c1. The molecular weight excluding hydrogens is 271 g/mol. The van der Waals surface area contributed by atoms with Gasteiger partial charge in [0, 0.05) is 12.1 Å². The van der Waals surface area contributed by atoms with Crippen molar-refractivity contribution in [2.45, 2.75) is 44.9 Å². The number of rotatable bonds is 4. The van der Waals surface area contributed by atoms with Crippen LogP contribution in [0, 0.1) is 11.7 Å². The number of hydrogen-bond acceptors (Lipinski definition) is 3. The van der Waals surface area contributed by atoms with Gasteiger partial charge in [0.2, 0.25) is 5.91 Å². The van der Waals surface area contributed by atoms with Gasteiger partial charge in [0.1, 0.15) is 5.82 Å². The molecule has 0 aromatic heterocycles. The van der Waals surface area contributed by atoms with E-state index in [1.54, 1.807) is 6.07 Å². The molecule has 1 aliphatic rings. The second kappa shape index (κ2) is 7.00. The van der Waals surface area contributed by atoms with Crippen LogP contribution < -0.4 is 10.6 Å². The second-order valence-electron chi connectivity index (χ2n) is 5.88. The molecule has 1 saturated heterocycles. The molecular formula is C16H23FN2O2. The van der Waals surface area contributed by atoms with Gasteiger partial charge in [-0.3, -0.25) is 4.79 Å². The Labute approximate surface area is 124 Å². The Morgan fingerprint density at radius 1 is 1.52 bits per heavy atom. The Bertz CT molecular complexity index is 485. The van der Waals surface area contributed by atoms with E-state index in [9.17, 15) is 14.3 Å². The third-order valence-corrected chi connectivity index (χ3v) is 4.16. The molecule has 1 aromatic carbocycles. The molecule has 0 saturated carbocycles. The Morgan fingerprint density at radius 2 is 2.29 bits per heavy atom. The van der Waals surface area contributed by atoms with E-state index in [0.29, 0.717) is 11.5 Å². The van der Waals surface area contributed by atoms with E-state index in [-0.39, 0.29) is 24.4 Å². The van der Waals surface area contributed by atoms with Crippen LogP contribution >= 0.6 is 0 Å². The number of carbonyl (C=O) groups is 1. The van der Waals surface area contributed by atoms with E-state index in [1.165, 1.54) is 18.2 Å². The van der Waals surface area contributed by atoms with Crippen molar-refractivity contribution in [1.29, 1.82) is 0 Å². The Balaban J connectivity index is 1.92. The summed E-state index contributed by atoms with van der Waals surface area (Å²) in [6, 6.07) is 5.99. The molecule has 0 spiro atoms. The first kappa shape index (κ1) is 15.9. The van der Waals surface area contributed by atoms with E-state index in [1.807, 2.05) is 6.92 Å². The number of nitrogens with one attached hydrogen (secondary N) is 2. The lowest BCUT2D eigenvalue weighted by Crippen LogP contribution is -2.56. The number of amides is 1. The molecule has 1 amide bonds. The summed E-state index contributed by atoms with van der Waals surface area (Å²) >= 11 is 0. The first-order valence-electron chi connectivity index (χ1n) is 7.43. The van der Waals surface area contributed by atoms with Gasteiger partial charge in [0.25, 0.3) is 0 Å². The van der Waals surface area contributed by atoms with Crippen molar-refractivity contribution >= 4 is 5.91 Å². The summed E-state index contributed by atoms with van der Waals surface area (Å²) in [7, 11) is 0. The molecule has 2 rings (SSSR count). The van der Waals surface area contributed by atoms with E-state index >= 15 is 0 Å². The zero-order valence-corrected chi connectivity index (χ0v) is 12.5. The molecule has 0 unspecified atom stereocenters. The maximum Gasteiger partial charge on any atom is 0.223 e. The second-order valence-corrected chi connectivity index (χ2v) is 5.88. The minimum atomic E-state index is -0.983. The summed E-state index contributed by atoms with van der Waals surface area (Å²) in [5.74, 6) is -0.221. The molecule has 0 radical (unpaired) electrons. The molecule has 4 atom stereocenters. The maximum atomic E-state index is 13.1. The first-order valence-corrected chi connectivity index (χ1v) is 7.43. The average molecular weight is 294 g/mol. The van der Waals surface area contributed by atoms with Gasteiger partial charge in [0.05, 0.1) is 12.5 Å². The third kappa shape index (κ3) is 4.25. The molecule has 4 nitrogen and oxygen atoms in total. The smallest absolute Gasteiger partial charge is 0.223 e. The number of aliphatic hydroxyl groups is 1. The Morgan fingerprint density at radius 3 is 2.95 bits per heavy atom. The quantitative estimate of drug-likeness (QED) is 0.793. The lowest BCUT2D eigenvalue weighted by Gasteiger charge is -2.36. The van der Waals surface area contributed by atoms with E-state index in [0.717, 1.165) is 13.0 Å². The van der Waals surface area contributed by atoms with E-state index in [4.69, 9.17) is 0 Å². The van der Waals surface area contributed by atoms with Crippen LogP contribution in [0.2, 0.25) is 0 Å². The van der Waals surface area contributed by atoms with Crippen LogP contribution in [0.5, 0.6) is 0 Å². The van der Waals surface area contributed by atoms with Gasteiger partial charge in [-0.25, -0.2) is 4.39 Å². The minimum absolute atomic E-state index is 0.0562. The van der Waals surface area contributed by atoms with Gasteiger partial charge in [0.15, 0.2) is 0 Å². The van der Waals surface area contributed by atoms with Gasteiger partial charge in [-0.2, -0.15) is 0 Å².